The van der Waals surface area contributed by atoms with E-state index in [1.165, 1.54) is 29.2 Å². The monoisotopic (exact) mass is 542 g/mol. The van der Waals surface area contributed by atoms with Gasteiger partial charge in [-0.05, 0) is 43.7 Å². The number of thiazole rings is 1. The summed E-state index contributed by atoms with van der Waals surface area (Å²) < 4.78 is 20.4. The minimum absolute atomic E-state index is 0.192. The van der Waals surface area contributed by atoms with E-state index in [2.05, 4.69) is 11.1 Å². The molecule has 9 nitrogen and oxygen atoms in total. The van der Waals surface area contributed by atoms with Gasteiger partial charge in [0.2, 0.25) is 0 Å². The van der Waals surface area contributed by atoms with E-state index < -0.39 is 12.0 Å². The van der Waals surface area contributed by atoms with Crippen molar-refractivity contribution in [3.63, 3.8) is 0 Å². The molecule has 39 heavy (non-hydrogen) atoms. The van der Waals surface area contributed by atoms with Crippen LogP contribution in [0, 0.1) is 11.3 Å². The van der Waals surface area contributed by atoms with Crippen LogP contribution in [0.5, 0.6) is 11.5 Å². The van der Waals surface area contributed by atoms with Crippen LogP contribution in [0.4, 0.5) is 0 Å². The van der Waals surface area contributed by atoms with Gasteiger partial charge in [-0.1, -0.05) is 35.6 Å². The van der Waals surface area contributed by atoms with Gasteiger partial charge in [0.25, 0.3) is 5.56 Å². The first-order valence-corrected chi connectivity index (χ1v) is 13.3. The third-order valence-electron chi connectivity index (χ3n) is 6.36. The zero-order valence-electron chi connectivity index (χ0n) is 21.7. The maximum absolute atomic E-state index is 13.9. The Morgan fingerprint density at radius 1 is 1.15 bits per heavy atom. The molecule has 2 aromatic carbocycles. The van der Waals surface area contributed by atoms with E-state index in [9.17, 15) is 14.9 Å². The lowest BCUT2D eigenvalue weighted by atomic mass is 9.97. The summed E-state index contributed by atoms with van der Waals surface area (Å²) in [7, 11) is 1.30. The highest BCUT2D eigenvalue weighted by Crippen LogP contribution is 2.35. The van der Waals surface area contributed by atoms with Crippen molar-refractivity contribution in [2.45, 2.75) is 26.4 Å². The highest BCUT2D eigenvalue weighted by atomic mass is 32.1. The molecule has 3 heterocycles. The molecule has 10 heteroatoms. The normalized spacial score (nSPS) is 14.8. The Labute approximate surface area is 228 Å². The van der Waals surface area contributed by atoms with E-state index in [1.54, 1.807) is 12.1 Å². The van der Waals surface area contributed by atoms with Gasteiger partial charge in [-0.15, -0.1) is 0 Å². The Morgan fingerprint density at radius 3 is 2.67 bits per heavy atom. The zero-order valence-corrected chi connectivity index (χ0v) is 22.5. The molecule has 1 atom stereocenters. The molecule has 198 valence electrons. The molecular weight excluding hydrogens is 516 g/mol. The number of fused-ring (bicyclic) bond motifs is 2. The summed E-state index contributed by atoms with van der Waals surface area (Å²) in [6.45, 7) is 4.84. The fraction of sp³-hybridized carbons (Fsp3) is 0.241. The van der Waals surface area contributed by atoms with Crippen LogP contribution in [-0.4, -0.2) is 35.4 Å². The highest BCUT2D eigenvalue weighted by molar-refractivity contribution is 7.07. The largest absolute Gasteiger partial charge is 0.490 e. The molecule has 0 fully saturated rings. The Kier molecular flexibility index (Phi) is 7.34. The lowest BCUT2D eigenvalue weighted by Crippen LogP contribution is -2.39. The van der Waals surface area contributed by atoms with Crippen molar-refractivity contribution in [2.75, 3.05) is 20.3 Å². The minimum Gasteiger partial charge on any atom is -0.490 e. The second-order valence-electron chi connectivity index (χ2n) is 8.64. The average Bonchev–Trinajstić information content (AvgIpc) is 3.46. The number of aromatic nitrogens is 2. The van der Waals surface area contributed by atoms with Crippen molar-refractivity contribution in [2.24, 2.45) is 4.99 Å². The van der Waals surface area contributed by atoms with Crippen molar-refractivity contribution in [1.82, 2.24) is 9.13 Å². The fourth-order valence-corrected chi connectivity index (χ4v) is 5.69. The number of methoxy groups -OCH3 is 1. The molecule has 1 aliphatic heterocycles. The van der Waals surface area contributed by atoms with Crippen molar-refractivity contribution in [3.05, 3.63) is 91.2 Å². The Bertz CT molecular complexity index is 1820. The van der Waals surface area contributed by atoms with E-state index >= 15 is 0 Å². The first kappa shape index (κ1) is 26.0. The van der Waals surface area contributed by atoms with Crippen LogP contribution in [0.1, 0.15) is 31.0 Å². The minimum atomic E-state index is -0.773. The maximum Gasteiger partial charge on any atom is 0.337 e. The number of para-hydroxylation sites is 1. The number of rotatable bonds is 8. The number of nitrogens with zero attached hydrogens (tertiary/aromatic N) is 4. The van der Waals surface area contributed by atoms with Gasteiger partial charge in [0.1, 0.15) is 6.54 Å². The Balaban J connectivity index is 1.70. The van der Waals surface area contributed by atoms with Crippen LogP contribution in [0.15, 0.2) is 70.2 Å². The van der Waals surface area contributed by atoms with Crippen LogP contribution in [0.2, 0.25) is 0 Å². The second kappa shape index (κ2) is 11.0. The van der Waals surface area contributed by atoms with Crippen LogP contribution >= 0.6 is 11.3 Å². The number of hydrogen-bond donors (Lipinski definition) is 0. The molecule has 5 rings (SSSR count). The van der Waals surface area contributed by atoms with Crippen molar-refractivity contribution < 1.29 is 19.0 Å². The van der Waals surface area contributed by atoms with E-state index in [0.29, 0.717) is 39.6 Å². The van der Waals surface area contributed by atoms with Crippen LogP contribution in [0.3, 0.4) is 0 Å². The first-order chi connectivity index (χ1) is 19.0. The standard InChI is InChI=1S/C29H26N4O5S/c1-4-37-23-11-10-18(14-24(23)38-5-2)26-21(28(35)36-3)16-31-29-33(26)27(34)25(39-29)15-19-17-32(13-12-30)22-9-7-6-8-20(19)22/h6-11,14-17,26H,4-5,13H2,1-3H3/b25-15+/t26-/m1/s1. The topological polar surface area (TPSA) is 108 Å². The van der Waals surface area contributed by atoms with Crippen LogP contribution in [-0.2, 0) is 16.1 Å². The highest BCUT2D eigenvalue weighted by Gasteiger charge is 2.31. The molecule has 2 aromatic heterocycles. The molecule has 0 radical (unpaired) electrons. The summed E-state index contributed by atoms with van der Waals surface area (Å²) in [6.07, 6.45) is 5.13. The van der Waals surface area contributed by atoms with Gasteiger partial charge < -0.3 is 18.8 Å². The summed E-state index contributed by atoms with van der Waals surface area (Å²) >= 11 is 1.23. The van der Waals surface area contributed by atoms with Crippen LogP contribution in [0.25, 0.3) is 17.0 Å². The number of nitriles is 1. The molecule has 0 saturated heterocycles. The number of esters is 1. The van der Waals surface area contributed by atoms with Gasteiger partial charge >= 0.3 is 5.97 Å². The number of carbonyl (C=O) groups excluding carboxylic acids is 1. The summed E-state index contributed by atoms with van der Waals surface area (Å²) in [5, 5.41) is 10.2. The number of ether oxygens (including phenoxy) is 3. The molecule has 4 aromatic rings. The maximum atomic E-state index is 13.9. The molecule has 0 saturated carbocycles. The average molecular weight is 543 g/mol. The van der Waals surface area contributed by atoms with Crippen molar-refractivity contribution in [1.29, 1.82) is 5.26 Å². The van der Waals surface area contributed by atoms with Gasteiger partial charge in [-0.3, -0.25) is 9.36 Å². The van der Waals surface area contributed by atoms with Gasteiger partial charge in [0.05, 0.1) is 42.5 Å². The molecule has 0 aliphatic carbocycles. The van der Waals surface area contributed by atoms with Gasteiger partial charge in [-0.2, -0.15) is 5.26 Å². The lowest BCUT2D eigenvalue weighted by Gasteiger charge is -2.23. The smallest absolute Gasteiger partial charge is 0.337 e. The molecule has 0 unspecified atom stereocenters. The third-order valence-corrected chi connectivity index (χ3v) is 7.35. The summed E-state index contributed by atoms with van der Waals surface area (Å²) in [4.78, 5) is 31.6. The molecule has 0 amide bonds. The Morgan fingerprint density at radius 2 is 1.92 bits per heavy atom. The van der Waals surface area contributed by atoms with Gasteiger partial charge in [0.15, 0.2) is 16.3 Å². The first-order valence-electron chi connectivity index (χ1n) is 12.4. The van der Waals surface area contributed by atoms with E-state index in [1.807, 2.05) is 61.0 Å². The van der Waals surface area contributed by atoms with Crippen molar-refractivity contribution in [3.8, 4) is 17.6 Å². The predicted octanol–water partition coefficient (Wildman–Crippen LogP) is 3.29. The molecule has 0 bridgehead atoms. The summed E-state index contributed by atoms with van der Waals surface area (Å²) in [5.41, 5.74) is 2.32. The fourth-order valence-electron chi connectivity index (χ4n) is 4.73. The SMILES string of the molecule is CCOc1ccc([C@@H]2C(C(=O)OC)=CN=c3s/c(=C/c4cn(CC#N)c5ccccc45)c(=O)n32)cc1OCC. The zero-order chi connectivity index (χ0) is 27.5. The number of benzene rings is 2. The number of hydrogen-bond acceptors (Lipinski definition) is 8. The quantitative estimate of drug-likeness (QED) is 0.316. The third kappa shape index (κ3) is 4.73. The van der Waals surface area contributed by atoms with Crippen molar-refractivity contribution >= 4 is 34.3 Å². The molecule has 0 spiro atoms. The molecular formula is C29H26N4O5S. The predicted molar refractivity (Wildman–Crippen MR) is 147 cm³/mol. The van der Waals surface area contributed by atoms with Gasteiger partial charge in [0, 0.05) is 28.9 Å². The number of carbonyl (C=O) groups is 1. The summed E-state index contributed by atoms with van der Waals surface area (Å²) in [6, 6.07) is 14.5. The van der Waals surface area contributed by atoms with E-state index in [0.717, 1.165) is 16.5 Å². The van der Waals surface area contributed by atoms with Gasteiger partial charge in [-0.25, -0.2) is 9.79 Å². The van der Waals surface area contributed by atoms with Crippen LogP contribution < -0.4 is 24.4 Å². The molecule has 1 aliphatic rings. The second-order valence-corrected chi connectivity index (χ2v) is 9.64. The summed E-state index contributed by atoms with van der Waals surface area (Å²) in [5.74, 6) is 0.516. The Hall–Kier alpha value is -4.62. The molecule has 0 N–H and O–H groups in total. The van der Waals surface area contributed by atoms with E-state index in [4.69, 9.17) is 14.2 Å². The van der Waals surface area contributed by atoms with E-state index in [-0.39, 0.29) is 17.7 Å². The lowest BCUT2D eigenvalue weighted by molar-refractivity contribution is -0.136.